The maximum Gasteiger partial charge on any atom is 0.338 e. The summed E-state index contributed by atoms with van der Waals surface area (Å²) in [5.74, 6) is -2.37. The molecule has 156 valence electrons. The topological polar surface area (TPSA) is 89.5 Å². The maximum absolute atomic E-state index is 12.3. The molecule has 0 heterocycles. The van der Waals surface area contributed by atoms with Crippen LogP contribution in [0.25, 0.3) is 0 Å². The highest BCUT2D eigenvalue weighted by molar-refractivity contribution is 6.49. The number of Topliss-reactive ketones (excluding diaryl/α,β-unsaturated/α-hetero) is 2. The average molecular weight is 415 g/mol. The zero-order valence-corrected chi connectivity index (χ0v) is 16.7. The second kappa shape index (κ2) is 10.6. The largest absolute Gasteiger partial charge is 0.452 e. The van der Waals surface area contributed by atoms with Gasteiger partial charge in [0.05, 0.1) is 5.56 Å². The Hall–Kier alpha value is -4.06. The first-order chi connectivity index (χ1) is 15.0. The molecule has 0 aliphatic carbocycles. The van der Waals surface area contributed by atoms with Crippen molar-refractivity contribution in [2.75, 3.05) is 13.2 Å². The smallest absolute Gasteiger partial charge is 0.338 e. The van der Waals surface area contributed by atoms with Gasteiger partial charge >= 0.3 is 5.97 Å². The fraction of sp³-hybridized carbons (Fsp3) is 0.120. The van der Waals surface area contributed by atoms with Crippen LogP contribution in [0.1, 0.15) is 36.6 Å². The Morgan fingerprint density at radius 3 is 1.77 bits per heavy atom. The summed E-state index contributed by atoms with van der Waals surface area (Å²) in [5.41, 5.74) is 1.75. The first-order valence-electron chi connectivity index (χ1n) is 9.76. The van der Waals surface area contributed by atoms with E-state index in [0.29, 0.717) is 18.5 Å². The van der Waals surface area contributed by atoms with Crippen LogP contribution >= 0.6 is 0 Å². The fourth-order valence-electron chi connectivity index (χ4n) is 2.87. The van der Waals surface area contributed by atoms with Crippen molar-refractivity contribution in [1.29, 1.82) is 0 Å². The summed E-state index contributed by atoms with van der Waals surface area (Å²) in [6, 6.07) is 23.5. The molecule has 0 aliphatic heterocycles. The minimum Gasteiger partial charge on any atom is -0.452 e. The third kappa shape index (κ3) is 6.21. The molecule has 6 heteroatoms. The highest BCUT2D eigenvalue weighted by Gasteiger charge is 2.18. The summed E-state index contributed by atoms with van der Waals surface area (Å²) in [5, 5.41) is 2.69. The van der Waals surface area contributed by atoms with Crippen molar-refractivity contribution in [3.63, 3.8) is 0 Å². The van der Waals surface area contributed by atoms with Crippen molar-refractivity contribution in [3.8, 4) is 0 Å². The number of hydrogen-bond donors (Lipinski definition) is 1. The third-order valence-corrected chi connectivity index (χ3v) is 4.54. The van der Waals surface area contributed by atoms with E-state index in [-0.39, 0.29) is 11.1 Å². The van der Waals surface area contributed by atoms with E-state index >= 15 is 0 Å². The van der Waals surface area contributed by atoms with Gasteiger partial charge in [-0.2, -0.15) is 0 Å². The molecule has 1 amide bonds. The monoisotopic (exact) mass is 415 g/mol. The predicted octanol–water partition coefficient (Wildman–Crippen LogP) is 3.27. The zero-order chi connectivity index (χ0) is 22.1. The summed E-state index contributed by atoms with van der Waals surface area (Å²) in [7, 11) is 0. The molecule has 0 spiro atoms. The van der Waals surface area contributed by atoms with Crippen molar-refractivity contribution in [2.45, 2.75) is 6.42 Å². The normalized spacial score (nSPS) is 10.2. The minimum absolute atomic E-state index is 0.170. The van der Waals surface area contributed by atoms with E-state index in [1.807, 2.05) is 30.3 Å². The highest BCUT2D eigenvalue weighted by atomic mass is 16.5. The van der Waals surface area contributed by atoms with Crippen LogP contribution in [0.5, 0.6) is 0 Å². The van der Waals surface area contributed by atoms with E-state index in [9.17, 15) is 19.2 Å². The summed E-state index contributed by atoms with van der Waals surface area (Å²) < 4.78 is 5.01. The van der Waals surface area contributed by atoms with Gasteiger partial charge in [-0.1, -0.05) is 72.8 Å². The Bertz CT molecular complexity index is 1060. The van der Waals surface area contributed by atoms with Crippen LogP contribution in [0.3, 0.4) is 0 Å². The number of ketones is 2. The predicted molar refractivity (Wildman–Crippen MR) is 115 cm³/mol. The molecule has 3 rings (SSSR count). The van der Waals surface area contributed by atoms with Crippen molar-refractivity contribution < 1.29 is 23.9 Å². The lowest BCUT2D eigenvalue weighted by molar-refractivity contribution is -0.124. The summed E-state index contributed by atoms with van der Waals surface area (Å²) in [6.07, 6.45) is 0.678. The molecule has 0 unspecified atom stereocenters. The number of esters is 1. The van der Waals surface area contributed by atoms with E-state index in [1.54, 1.807) is 30.3 Å². The van der Waals surface area contributed by atoms with Crippen molar-refractivity contribution >= 4 is 23.4 Å². The molecule has 0 aliphatic rings. The van der Waals surface area contributed by atoms with E-state index in [4.69, 9.17) is 4.74 Å². The van der Waals surface area contributed by atoms with E-state index in [1.165, 1.54) is 24.3 Å². The lowest BCUT2D eigenvalue weighted by Crippen LogP contribution is -2.30. The van der Waals surface area contributed by atoms with Gasteiger partial charge in [-0.25, -0.2) is 4.79 Å². The van der Waals surface area contributed by atoms with Crippen LogP contribution in [0.15, 0.2) is 84.9 Å². The summed E-state index contributed by atoms with van der Waals surface area (Å²) >= 11 is 0. The van der Waals surface area contributed by atoms with Gasteiger partial charge in [0.15, 0.2) is 6.61 Å². The van der Waals surface area contributed by atoms with Gasteiger partial charge in [-0.05, 0) is 24.1 Å². The zero-order valence-electron chi connectivity index (χ0n) is 16.7. The summed E-state index contributed by atoms with van der Waals surface area (Å²) in [6.45, 7) is 0.0352. The first kappa shape index (κ1) is 21.6. The molecule has 0 saturated heterocycles. The number of nitrogens with one attached hydrogen (secondary N) is 1. The molecular formula is C25H21NO5. The fourth-order valence-corrected chi connectivity index (χ4v) is 2.87. The first-order valence-corrected chi connectivity index (χ1v) is 9.76. The number of carbonyl (C=O) groups is 4. The highest BCUT2D eigenvalue weighted by Crippen LogP contribution is 2.11. The second-order valence-corrected chi connectivity index (χ2v) is 6.76. The lowest BCUT2D eigenvalue weighted by atomic mass is 10.0. The SMILES string of the molecule is O=C(COC(=O)c1ccc(C(=O)C(=O)c2ccccc2)cc1)NCCc1ccccc1. The Morgan fingerprint density at radius 1 is 0.645 bits per heavy atom. The van der Waals surface area contributed by atoms with Crippen LogP contribution in [-0.2, 0) is 16.0 Å². The Kier molecular flexibility index (Phi) is 7.43. The number of carbonyl (C=O) groups excluding carboxylic acids is 4. The van der Waals surface area contributed by atoms with Gasteiger partial charge in [0, 0.05) is 17.7 Å². The van der Waals surface area contributed by atoms with Crippen LogP contribution in [0.2, 0.25) is 0 Å². The number of rotatable bonds is 9. The number of amides is 1. The molecule has 0 radical (unpaired) electrons. The Balaban J connectivity index is 1.47. The average Bonchev–Trinajstić information content (AvgIpc) is 2.83. The van der Waals surface area contributed by atoms with Gasteiger partial charge in [-0.15, -0.1) is 0 Å². The van der Waals surface area contributed by atoms with Gasteiger partial charge in [0.1, 0.15) is 0 Å². The molecule has 0 aromatic heterocycles. The molecule has 3 aromatic carbocycles. The molecule has 1 N–H and O–H groups in total. The Labute approximate surface area is 179 Å². The number of hydrogen-bond acceptors (Lipinski definition) is 5. The van der Waals surface area contributed by atoms with Crippen LogP contribution in [0.4, 0.5) is 0 Å². The summed E-state index contributed by atoms with van der Waals surface area (Å²) in [4.78, 5) is 48.5. The van der Waals surface area contributed by atoms with Gasteiger partial charge in [0.2, 0.25) is 11.6 Å². The second-order valence-electron chi connectivity index (χ2n) is 6.76. The quantitative estimate of drug-likeness (QED) is 0.329. The van der Waals surface area contributed by atoms with E-state index < -0.39 is 30.0 Å². The molecule has 6 nitrogen and oxygen atoms in total. The molecule has 0 fully saturated rings. The molecule has 31 heavy (non-hydrogen) atoms. The van der Waals surface area contributed by atoms with Gasteiger partial charge in [0.25, 0.3) is 5.91 Å². The molecular weight excluding hydrogens is 394 g/mol. The van der Waals surface area contributed by atoms with Crippen molar-refractivity contribution in [3.05, 3.63) is 107 Å². The van der Waals surface area contributed by atoms with Crippen LogP contribution < -0.4 is 5.32 Å². The Morgan fingerprint density at radius 2 is 1.16 bits per heavy atom. The lowest BCUT2D eigenvalue weighted by Gasteiger charge is -2.07. The van der Waals surface area contributed by atoms with Crippen molar-refractivity contribution in [2.24, 2.45) is 0 Å². The number of benzene rings is 3. The standard InChI is InChI=1S/C25H21NO5/c27-22(26-16-15-18-7-3-1-4-8-18)17-31-25(30)21-13-11-20(12-14-21)24(29)23(28)19-9-5-2-6-10-19/h1-14H,15-17H2,(H,26,27). The van der Waals surface area contributed by atoms with E-state index in [0.717, 1.165) is 5.56 Å². The van der Waals surface area contributed by atoms with E-state index in [2.05, 4.69) is 5.32 Å². The van der Waals surface area contributed by atoms with Crippen LogP contribution in [-0.4, -0.2) is 36.6 Å². The molecule has 0 saturated carbocycles. The maximum atomic E-state index is 12.3. The minimum atomic E-state index is -0.688. The van der Waals surface area contributed by atoms with Gasteiger partial charge < -0.3 is 10.1 Å². The molecule has 0 bridgehead atoms. The third-order valence-electron chi connectivity index (χ3n) is 4.54. The van der Waals surface area contributed by atoms with Gasteiger partial charge in [-0.3, -0.25) is 14.4 Å². The molecule has 3 aromatic rings. The van der Waals surface area contributed by atoms with Crippen LogP contribution in [0, 0.1) is 0 Å². The number of ether oxygens (including phenoxy) is 1. The molecule has 0 atom stereocenters. The van der Waals surface area contributed by atoms with Crippen molar-refractivity contribution in [1.82, 2.24) is 5.32 Å².